The second kappa shape index (κ2) is 6.74. The van der Waals surface area contributed by atoms with Crippen LogP contribution in [0.4, 0.5) is 5.69 Å². The minimum absolute atomic E-state index is 0.114. The lowest BCUT2D eigenvalue weighted by Crippen LogP contribution is -2.12. The Labute approximate surface area is 114 Å². The van der Waals surface area contributed by atoms with Crippen LogP contribution in [0.1, 0.15) is 40.5 Å². The van der Waals surface area contributed by atoms with E-state index in [2.05, 4.69) is 13.8 Å². The first kappa shape index (κ1) is 15.0. The van der Waals surface area contributed by atoms with Gasteiger partial charge in [0.2, 0.25) is 0 Å². The Balaban J connectivity index is 2.89. The van der Waals surface area contributed by atoms with Crippen LogP contribution in [0.2, 0.25) is 5.02 Å². The number of nitrogen functional groups attached to an aromatic ring is 1. The Morgan fingerprint density at radius 1 is 1.06 bits per heavy atom. The molecule has 1 rings (SSSR count). The molecule has 0 aliphatic carbocycles. The fraction of sp³-hybridized carbons (Fsp3) is 0.571. The molecule has 4 heteroatoms. The summed E-state index contributed by atoms with van der Waals surface area (Å²) in [5, 5.41) is 0.530. The van der Waals surface area contributed by atoms with E-state index in [1.54, 1.807) is 12.1 Å². The maximum absolute atomic E-state index is 6.17. The van der Waals surface area contributed by atoms with E-state index < -0.39 is 0 Å². The molecule has 0 amide bonds. The highest BCUT2D eigenvalue weighted by Crippen LogP contribution is 2.35. The third-order valence-electron chi connectivity index (χ3n) is 2.87. The number of rotatable bonds is 6. The normalized spacial score (nSPS) is 14.1. The molecule has 0 fully saturated rings. The van der Waals surface area contributed by atoms with Crippen molar-refractivity contribution in [2.24, 2.45) is 0 Å². The van der Waals surface area contributed by atoms with Crippen molar-refractivity contribution in [1.29, 1.82) is 0 Å². The molecule has 0 aromatic heterocycles. The highest BCUT2D eigenvalue weighted by atomic mass is 35.5. The summed E-state index contributed by atoms with van der Waals surface area (Å²) in [5.74, 6) is 1.23. The molecule has 0 aliphatic rings. The van der Waals surface area contributed by atoms with Crippen LogP contribution in [0.25, 0.3) is 0 Å². The number of nitrogens with two attached hydrogens (primary N) is 1. The maximum Gasteiger partial charge on any atom is 0.144 e. The lowest BCUT2D eigenvalue weighted by atomic mass is 10.2. The summed E-state index contributed by atoms with van der Waals surface area (Å²) >= 11 is 6.17. The molecule has 0 heterocycles. The van der Waals surface area contributed by atoms with Gasteiger partial charge in [-0.25, -0.2) is 0 Å². The van der Waals surface area contributed by atoms with E-state index in [0.29, 0.717) is 22.2 Å². The second-order valence-corrected chi connectivity index (χ2v) is 4.90. The standard InChI is InChI=1S/C14H22ClNO2/c1-5-9(3)17-13-8-12(16)14(7-11(13)15)18-10(4)6-2/h7-10H,5-6,16H2,1-4H3. The number of anilines is 1. The van der Waals surface area contributed by atoms with Crippen LogP contribution in [0.3, 0.4) is 0 Å². The fourth-order valence-electron chi connectivity index (χ4n) is 1.34. The van der Waals surface area contributed by atoms with Crippen LogP contribution in [-0.2, 0) is 0 Å². The van der Waals surface area contributed by atoms with Crippen LogP contribution in [-0.4, -0.2) is 12.2 Å². The van der Waals surface area contributed by atoms with Gasteiger partial charge in [-0.15, -0.1) is 0 Å². The lowest BCUT2D eigenvalue weighted by Gasteiger charge is -2.18. The minimum Gasteiger partial charge on any atom is -0.489 e. The van der Waals surface area contributed by atoms with Gasteiger partial charge in [-0.2, -0.15) is 0 Å². The monoisotopic (exact) mass is 271 g/mol. The van der Waals surface area contributed by atoms with Gasteiger partial charge < -0.3 is 15.2 Å². The van der Waals surface area contributed by atoms with E-state index >= 15 is 0 Å². The highest BCUT2D eigenvalue weighted by Gasteiger charge is 2.12. The number of halogens is 1. The summed E-state index contributed by atoms with van der Waals surface area (Å²) < 4.78 is 11.4. The van der Waals surface area contributed by atoms with Crippen LogP contribution in [0, 0.1) is 0 Å². The maximum atomic E-state index is 6.17. The van der Waals surface area contributed by atoms with Crippen molar-refractivity contribution < 1.29 is 9.47 Å². The van der Waals surface area contributed by atoms with E-state index in [9.17, 15) is 0 Å². The van der Waals surface area contributed by atoms with Crippen LogP contribution in [0.15, 0.2) is 12.1 Å². The van der Waals surface area contributed by atoms with Gasteiger partial charge in [-0.1, -0.05) is 25.4 Å². The lowest BCUT2D eigenvalue weighted by molar-refractivity contribution is 0.212. The third kappa shape index (κ3) is 3.98. The van der Waals surface area contributed by atoms with E-state index in [1.165, 1.54) is 0 Å². The number of hydrogen-bond donors (Lipinski definition) is 1. The first-order valence-electron chi connectivity index (χ1n) is 6.40. The number of ether oxygens (including phenoxy) is 2. The quantitative estimate of drug-likeness (QED) is 0.786. The summed E-state index contributed by atoms with van der Waals surface area (Å²) in [7, 11) is 0. The van der Waals surface area contributed by atoms with Crippen molar-refractivity contribution in [3.8, 4) is 11.5 Å². The molecule has 3 nitrogen and oxygen atoms in total. The Morgan fingerprint density at radius 3 is 2.06 bits per heavy atom. The summed E-state index contributed by atoms with van der Waals surface area (Å²) in [6.45, 7) is 8.11. The van der Waals surface area contributed by atoms with Gasteiger partial charge >= 0.3 is 0 Å². The number of hydrogen-bond acceptors (Lipinski definition) is 3. The topological polar surface area (TPSA) is 44.5 Å². The highest BCUT2D eigenvalue weighted by molar-refractivity contribution is 6.32. The van der Waals surface area contributed by atoms with Gasteiger partial charge in [0, 0.05) is 12.1 Å². The van der Waals surface area contributed by atoms with Gasteiger partial charge in [-0.05, 0) is 26.7 Å². The zero-order valence-electron chi connectivity index (χ0n) is 11.5. The van der Waals surface area contributed by atoms with Crippen molar-refractivity contribution in [2.75, 3.05) is 5.73 Å². The van der Waals surface area contributed by atoms with Gasteiger partial charge in [0.05, 0.1) is 22.9 Å². The van der Waals surface area contributed by atoms with Crippen LogP contribution in [0.5, 0.6) is 11.5 Å². The van der Waals surface area contributed by atoms with Crippen molar-refractivity contribution in [3.63, 3.8) is 0 Å². The second-order valence-electron chi connectivity index (χ2n) is 4.49. The van der Waals surface area contributed by atoms with Crippen LogP contribution < -0.4 is 15.2 Å². The zero-order valence-corrected chi connectivity index (χ0v) is 12.3. The molecule has 0 radical (unpaired) electrons. The molecule has 1 aromatic carbocycles. The molecule has 1 aromatic rings. The Hall–Kier alpha value is -1.09. The molecule has 0 spiro atoms. The average Bonchev–Trinajstić information content (AvgIpc) is 2.34. The average molecular weight is 272 g/mol. The zero-order chi connectivity index (χ0) is 13.7. The molecule has 0 aliphatic heterocycles. The first-order valence-corrected chi connectivity index (χ1v) is 6.78. The summed E-state index contributed by atoms with van der Waals surface area (Å²) in [5.41, 5.74) is 6.50. The fourth-order valence-corrected chi connectivity index (χ4v) is 1.54. The molecular formula is C14H22ClNO2. The van der Waals surface area contributed by atoms with Crippen molar-refractivity contribution >= 4 is 17.3 Å². The molecule has 18 heavy (non-hydrogen) atoms. The summed E-state index contributed by atoms with van der Waals surface area (Å²) in [6.07, 6.45) is 2.07. The van der Waals surface area contributed by atoms with Gasteiger partial charge in [0.1, 0.15) is 11.5 Å². The van der Waals surface area contributed by atoms with Gasteiger partial charge in [0.15, 0.2) is 0 Å². The first-order chi connectivity index (χ1) is 8.47. The van der Waals surface area contributed by atoms with E-state index in [-0.39, 0.29) is 12.2 Å². The third-order valence-corrected chi connectivity index (χ3v) is 3.17. The van der Waals surface area contributed by atoms with Crippen molar-refractivity contribution in [2.45, 2.75) is 52.7 Å². The SMILES string of the molecule is CCC(C)Oc1cc(Cl)c(OC(C)CC)cc1N. The van der Waals surface area contributed by atoms with Gasteiger partial charge in [-0.3, -0.25) is 0 Å². The molecule has 102 valence electrons. The minimum atomic E-state index is 0.114. The van der Waals surface area contributed by atoms with Crippen LogP contribution >= 0.6 is 11.6 Å². The smallest absolute Gasteiger partial charge is 0.144 e. The molecule has 0 saturated carbocycles. The van der Waals surface area contributed by atoms with Crippen molar-refractivity contribution in [1.82, 2.24) is 0 Å². The van der Waals surface area contributed by atoms with E-state index in [0.717, 1.165) is 12.8 Å². The summed E-state index contributed by atoms with van der Waals surface area (Å²) in [4.78, 5) is 0. The Bertz CT molecular complexity index is 358. The Kier molecular flexibility index (Phi) is 5.60. The molecule has 2 unspecified atom stereocenters. The Morgan fingerprint density at radius 2 is 1.56 bits per heavy atom. The summed E-state index contributed by atoms with van der Waals surface area (Å²) in [6, 6.07) is 3.45. The van der Waals surface area contributed by atoms with Crippen molar-refractivity contribution in [3.05, 3.63) is 17.2 Å². The van der Waals surface area contributed by atoms with E-state index in [1.807, 2.05) is 13.8 Å². The molecule has 0 saturated heterocycles. The molecule has 2 atom stereocenters. The largest absolute Gasteiger partial charge is 0.489 e. The molecule has 2 N–H and O–H groups in total. The van der Waals surface area contributed by atoms with E-state index in [4.69, 9.17) is 26.8 Å². The predicted molar refractivity (Wildman–Crippen MR) is 76.6 cm³/mol. The predicted octanol–water partition coefficient (Wildman–Crippen LogP) is 4.28. The molecular weight excluding hydrogens is 250 g/mol. The number of benzene rings is 1. The molecule has 0 bridgehead atoms. The van der Waals surface area contributed by atoms with Gasteiger partial charge in [0.25, 0.3) is 0 Å².